The van der Waals surface area contributed by atoms with Crippen molar-refractivity contribution in [2.24, 2.45) is 22.6 Å². The van der Waals surface area contributed by atoms with Gasteiger partial charge in [0.1, 0.15) is 24.5 Å². The topological polar surface area (TPSA) is 308 Å². The number of esters is 1. The number of hydrogen-bond donors (Lipinski definition) is 11. The van der Waals surface area contributed by atoms with Crippen LogP contribution in [0.5, 0.6) is 0 Å². The molecule has 3 heterocycles. The molecule has 20 nitrogen and oxygen atoms in total. The minimum absolute atomic E-state index is 0.0405. The third kappa shape index (κ3) is 10.9. The van der Waals surface area contributed by atoms with Crippen molar-refractivity contribution in [1.82, 2.24) is 15.5 Å². The number of carbonyl (C=O) groups excluding carboxylic acids is 1. The smallest absolute Gasteiger partial charge is 0.338 e. The maximum absolute atomic E-state index is 13.8. The van der Waals surface area contributed by atoms with E-state index in [0.29, 0.717) is 19.3 Å². The Kier molecular flexibility index (Phi) is 16.8. The first-order chi connectivity index (χ1) is 26.8. The van der Waals surface area contributed by atoms with Crippen LogP contribution in [0.2, 0.25) is 0 Å². The van der Waals surface area contributed by atoms with E-state index >= 15 is 0 Å². The Morgan fingerprint density at radius 1 is 1.18 bits per heavy atom. The number of aliphatic imine (C=N–C) groups is 1. The van der Waals surface area contributed by atoms with Crippen LogP contribution in [0.3, 0.4) is 0 Å². The minimum Gasteiger partial charge on any atom is -0.478 e. The Morgan fingerprint density at radius 2 is 1.91 bits per heavy atom. The first-order valence-electron chi connectivity index (χ1n) is 18.4. The summed E-state index contributed by atoms with van der Waals surface area (Å²) in [6.07, 6.45) is 0.468. The Bertz CT molecular complexity index is 1510. The molecule has 8 atom stereocenters. The largest absolute Gasteiger partial charge is 0.478 e. The third-order valence-corrected chi connectivity index (χ3v) is 9.76. The number of allylic oxidation sites excluding steroid dienone is 2. The van der Waals surface area contributed by atoms with Crippen LogP contribution >= 0.6 is 0 Å². The van der Waals surface area contributed by atoms with Gasteiger partial charge in [0.05, 0.1) is 55.4 Å². The Labute approximate surface area is 323 Å². The molecule has 1 saturated carbocycles. The number of rotatable bonds is 19. The van der Waals surface area contributed by atoms with Crippen LogP contribution in [0.4, 0.5) is 0 Å². The van der Waals surface area contributed by atoms with E-state index in [9.17, 15) is 45.3 Å². The van der Waals surface area contributed by atoms with Crippen molar-refractivity contribution in [1.29, 1.82) is 0 Å². The van der Waals surface area contributed by atoms with E-state index in [1.165, 1.54) is 19.2 Å². The number of nitrogens with zero attached hydrogens (tertiary/aromatic N) is 2. The van der Waals surface area contributed by atoms with Gasteiger partial charge in [-0.05, 0) is 39.2 Å². The molecule has 20 heteroatoms. The summed E-state index contributed by atoms with van der Waals surface area (Å²) in [7, 11) is 1.43. The van der Waals surface area contributed by atoms with Crippen molar-refractivity contribution in [3.63, 3.8) is 0 Å². The lowest BCUT2D eigenvalue weighted by Gasteiger charge is -2.48. The zero-order valence-corrected chi connectivity index (χ0v) is 31.2. The van der Waals surface area contributed by atoms with Gasteiger partial charge in [-0.25, -0.2) is 9.59 Å². The molecular formula is C36H55N5O15. The van der Waals surface area contributed by atoms with Crippen molar-refractivity contribution in [2.45, 2.75) is 81.1 Å². The monoisotopic (exact) mass is 797 g/mol. The van der Waals surface area contributed by atoms with Crippen LogP contribution < -0.4 is 16.4 Å². The number of nitrogens with one attached hydrogen (secondary N) is 2. The molecule has 1 aliphatic carbocycles. The number of aliphatic hydroxyl groups excluding tert-OH is 5. The first-order valence-corrected chi connectivity index (χ1v) is 18.4. The lowest BCUT2D eigenvalue weighted by atomic mass is 9.83. The van der Waals surface area contributed by atoms with Gasteiger partial charge < -0.3 is 80.5 Å². The number of carbonyl (C=O) groups is 2. The summed E-state index contributed by atoms with van der Waals surface area (Å²) in [4.78, 5) is 32.0. The maximum Gasteiger partial charge on any atom is 0.338 e. The van der Waals surface area contributed by atoms with Crippen LogP contribution in [0, 0.1) is 11.8 Å². The van der Waals surface area contributed by atoms with Crippen LogP contribution in [0.15, 0.2) is 64.7 Å². The fourth-order valence-electron chi connectivity index (χ4n) is 6.72. The SMILES string of the molecule is C=C[C@H]1[C@H](O[C@@H]2O[C@H](CO)[C@@H](O)C(O)(O)[C@H]2O[C@H](CO)NC)OC=C(C(=O)OC2CCCC2)[C@H]1/C=C/C1=CN(CCO)CC(C(=O)O)=C1NC(N)=NCCCO. The number of carboxylic acid groups (broad SMARTS) is 1. The second kappa shape index (κ2) is 21.0. The Morgan fingerprint density at radius 3 is 2.52 bits per heavy atom. The molecule has 1 saturated heterocycles. The molecule has 0 amide bonds. The molecule has 314 valence electrons. The third-order valence-electron chi connectivity index (χ3n) is 9.76. The molecule has 0 unspecified atom stereocenters. The highest BCUT2D eigenvalue weighted by molar-refractivity contribution is 5.92. The summed E-state index contributed by atoms with van der Waals surface area (Å²) in [5.41, 5.74) is 6.39. The highest BCUT2D eigenvalue weighted by atomic mass is 16.8. The number of hydrogen-bond acceptors (Lipinski definition) is 17. The highest BCUT2D eigenvalue weighted by Crippen LogP contribution is 2.39. The van der Waals surface area contributed by atoms with E-state index in [2.05, 4.69) is 22.2 Å². The number of nitrogens with two attached hydrogens (primary N) is 1. The molecule has 0 radical (unpaired) electrons. The normalized spacial score (nSPS) is 29.1. The Hall–Kier alpha value is -3.93. The van der Waals surface area contributed by atoms with E-state index in [4.69, 9.17) is 34.5 Å². The molecule has 0 bridgehead atoms. The van der Waals surface area contributed by atoms with Gasteiger partial charge in [0, 0.05) is 37.4 Å². The van der Waals surface area contributed by atoms with Crippen molar-refractivity contribution in [3.05, 3.63) is 59.7 Å². The fourth-order valence-corrected chi connectivity index (χ4v) is 6.72. The molecule has 0 aromatic carbocycles. The van der Waals surface area contributed by atoms with Crippen molar-refractivity contribution in [3.8, 4) is 0 Å². The molecule has 0 aromatic heterocycles. The average molecular weight is 798 g/mol. The number of carboxylic acids is 1. The van der Waals surface area contributed by atoms with Gasteiger partial charge in [0.25, 0.3) is 0 Å². The predicted molar refractivity (Wildman–Crippen MR) is 195 cm³/mol. The van der Waals surface area contributed by atoms with Gasteiger partial charge in [0.2, 0.25) is 12.1 Å². The molecule has 4 aliphatic rings. The molecule has 0 aromatic rings. The molecule has 0 spiro atoms. The number of β-amino-alcohol motifs (C(OH)–C–C–N with tert-alkyl or cyclic N) is 1. The zero-order valence-electron chi connectivity index (χ0n) is 31.2. The summed E-state index contributed by atoms with van der Waals surface area (Å²) >= 11 is 0. The second-order valence-electron chi connectivity index (χ2n) is 13.6. The van der Waals surface area contributed by atoms with Gasteiger partial charge in [0.15, 0.2) is 18.4 Å². The molecule has 3 aliphatic heterocycles. The van der Waals surface area contributed by atoms with E-state index in [1.54, 1.807) is 17.2 Å². The van der Waals surface area contributed by atoms with Crippen molar-refractivity contribution >= 4 is 17.9 Å². The number of likely N-dealkylation sites (N-methyl/N-ethyl adjacent to an activating group) is 1. The molecule has 56 heavy (non-hydrogen) atoms. The van der Waals surface area contributed by atoms with Crippen LogP contribution in [-0.4, -0.2) is 166 Å². The van der Waals surface area contributed by atoms with Gasteiger partial charge in [-0.15, -0.1) is 6.58 Å². The summed E-state index contributed by atoms with van der Waals surface area (Å²) < 4.78 is 29.3. The number of aliphatic carboxylic acids is 1. The van der Waals surface area contributed by atoms with Crippen molar-refractivity contribution < 1.29 is 74.1 Å². The molecule has 12 N–H and O–H groups in total. The molecule has 4 rings (SSSR count). The lowest BCUT2D eigenvalue weighted by Crippen LogP contribution is -2.69. The van der Waals surface area contributed by atoms with E-state index in [-0.39, 0.29) is 67.3 Å². The average Bonchev–Trinajstić information content (AvgIpc) is 3.69. The highest BCUT2D eigenvalue weighted by Gasteiger charge is 2.58. The number of aliphatic hydroxyl groups is 7. The fraction of sp³-hybridized carbons (Fsp3) is 0.639. The second-order valence-corrected chi connectivity index (χ2v) is 13.6. The summed E-state index contributed by atoms with van der Waals surface area (Å²) in [6, 6.07) is 0. The first kappa shape index (κ1) is 44.8. The standard InChI is InChI=1S/C36H55N5O15/c1-3-22-23(10-9-20-15-41(12-14-43)16-24(31(47)48)28(20)40-35(37)39-11-6-13-42)25(32(49)53-21-7-4-5-8-21)19-52-33(22)56-34-30(55-27(18-45)38-2)36(50,51)29(46)26(17-44)54-34/h3,9-10,15,19,21-23,26-27,29-30,33-34,38,42-46,50-51H,1,4-8,11-14,16-18H2,2H3,(H,47,48)(H3,37,39,40)/b10-9+/t22-,23+,26-,27-,29-,30+,33+,34+/m1/s1. The van der Waals surface area contributed by atoms with Crippen LogP contribution in [-0.2, 0) is 33.3 Å². The number of guanidine groups is 1. The Balaban J connectivity index is 1.76. The van der Waals surface area contributed by atoms with Gasteiger partial charge in [-0.2, -0.15) is 0 Å². The molecule has 2 fully saturated rings. The van der Waals surface area contributed by atoms with E-state index in [0.717, 1.165) is 19.1 Å². The summed E-state index contributed by atoms with van der Waals surface area (Å²) in [6.45, 7) is 2.17. The minimum atomic E-state index is -3.07. The van der Waals surface area contributed by atoms with Gasteiger partial charge in [-0.1, -0.05) is 18.2 Å². The van der Waals surface area contributed by atoms with Crippen LogP contribution in [0.25, 0.3) is 0 Å². The van der Waals surface area contributed by atoms with Gasteiger partial charge >= 0.3 is 11.9 Å². The lowest BCUT2D eigenvalue weighted by molar-refractivity contribution is -0.416. The van der Waals surface area contributed by atoms with Crippen LogP contribution in [0.1, 0.15) is 32.1 Å². The predicted octanol–water partition coefficient (Wildman–Crippen LogP) is -2.80. The van der Waals surface area contributed by atoms with E-state index < -0.39 is 79.9 Å². The quantitative estimate of drug-likeness (QED) is 0.0157. The van der Waals surface area contributed by atoms with Crippen molar-refractivity contribution in [2.75, 3.05) is 53.1 Å². The summed E-state index contributed by atoms with van der Waals surface area (Å²) in [5.74, 6) is -7.09. The summed E-state index contributed by atoms with van der Waals surface area (Å²) in [5, 5.41) is 86.8. The maximum atomic E-state index is 13.8. The zero-order chi connectivity index (χ0) is 41.0. The van der Waals surface area contributed by atoms with E-state index in [1.807, 2.05) is 0 Å². The number of ether oxygens (including phenoxy) is 5. The van der Waals surface area contributed by atoms with Gasteiger partial charge in [-0.3, -0.25) is 10.3 Å². The molecular weight excluding hydrogens is 742 g/mol.